The lowest BCUT2D eigenvalue weighted by Gasteiger charge is -2.23. The molecule has 0 aromatic carbocycles. The lowest BCUT2D eigenvalue weighted by atomic mass is 9.89. The molecular weight excluding hydrogens is 254 g/mol. The third-order valence-corrected chi connectivity index (χ3v) is 3.31. The van der Waals surface area contributed by atoms with Gasteiger partial charge in [-0.3, -0.25) is 4.79 Å². The SMILES string of the molecule is CNC(=O)C1(C)CCN(C(=O)N[C@H](CO)C(=O)O)C1. The fourth-order valence-electron chi connectivity index (χ4n) is 2.05. The van der Waals surface area contributed by atoms with Crippen LogP contribution in [0.25, 0.3) is 0 Å². The summed E-state index contributed by atoms with van der Waals surface area (Å²) in [5, 5.41) is 22.3. The molecule has 0 radical (unpaired) electrons. The number of carbonyl (C=O) groups is 3. The number of nitrogens with one attached hydrogen (secondary N) is 2. The van der Waals surface area contributed by atoms with Gasteiger partial charge < -0.3 is 25.7 Å². The normalized spacial score (nSPS) is 23.8. The Labute approximate surface area is 110 Å². The van der Waals surface area contributed by atoms with Crippen molar-refractivity contribution in [1.82, 2.24) is 15.5 Å². The van der Waals surface area contributed by atoms with E-state index in [0.29, 0.717) is 13.0 Å². The lowest BCUT2D eigenvalue weighted by molar-refractivity contribution is -0.140. The van der Waals surface area contributed by atoms with Gasteiger partial charge in [0.05, 0.1) is 12.0 Å². The van der Waals surface area contributed by atoms with Crippen LogP contribution in [-0.4, -0.2) is 65.8 Å². The first-order valence-corrected chi connectivity index (χ1v) is 5.95. The van der Waals surface area contributed by atoms with Crippen molar-refractivity contribution in [2.24, 2.45) is 5.41 Å². The number of amides is 3. The van der Waals surface area contributed by atoms with E-state index in [4.69, 9.17) is 10.2 Å². The van der Waals surface area contributed by atoms with Gasteiger partial charge >= 0.3 is 12.0 Å². The molecule has 1 saturated heterocycles. The minimum atomic E-state index is -1.33. The highest BCUT2D eigenvalue weighted by atomic mass is 16.4. The summed E-state index contributed by atoms with van der Waals surface area (Å²) in [6, 6.07) is -1.92. The summed E-state index contributed by atoms with van der Waals surface area (Å²) < 4.78 is 0. The molecule has 3 amide bonds. The quantitative estimate of drug-likeness (QED) is 0.502. The minimum Gasteiger partial charge on any atom is -0.480 e. The lowest BCUT2D eigenvalue weighted by Crippen LogP contribution is -2.50. The van der Waals surface area contributed by atoms with Crippen molar-refractivity contribution in [1.29, 1.82) is 0 Å². The third-order valence-electron chi connectivity index (χ3n) is 3.31. The number of hydrogen-bond donors (Lipinski definition) is 4. The van der Waals surface area contributed by atoms with Crippen molar-refractivity contribution in [3.8, 4) is 0 Å². The number of hydrogen-bond acceptors (Lipinski definition) is 4. The van der Waals surface area contributed by atoms with Gasteiger partial charge in [0.2, 0.25) is 5.91 Å². The Bertz CT molecular complexity index is 387. The molecule has 108 valence electrons. The van der Waals surface area contributed by atoms with Crippen molar-refractivity contribution < 1.29 is 24.6 Å². The highest BCUT2D eigenvalue weighted by molar-refractivity contribution is 5.86. The Balaban J connectivity index is 2.62. The zero-order chi connectivity index (χ0) is 14.6. The highest BCUT2D eigenvalue weighted by Gasteiger charge is 2.42. The molecule has 0 aliphatic carbocycles. The maximum atomic E-state index is 11.8. The molecule has 8 heteroatoms. The van der Waals surface area contributed by atoms with E-state index in [1.165, 1.54) is 11.9 Å². The average Bonchev–Trinajstić information content (AvgIpc) is 2.78. The van der Waals surface area contributed by atoms with Crippen LogP contribution in [0, 0.1) is 5.41 Å². The predicted molar refractivity (Wildman–Crippen MR) is 65.4 cm³/mol. The number of aliphatic carboxylic acids is 1. The van der Waals surface area contributed by atoms with Gasteiger partial charge in [-0.1, -0.05) is 0 Å². The van der Waals surface area contributed by atoms with E-state index in [0.717, 1.165) is 0 Å². The van der Waals surface area contributed by atoms with Crippen molar-refractivity contribution in [3.63, 3.8) is 0 Å². The van der Waals surface area contributed by atoms with Gasteiger partial charge in [-0.2, -0.15) is 0 Å². The number of likely N-dealkylation sites (tertiary alicyclic amines) is 1. The van der Waals surface area contributed by atoms with Crippen LogP contribution in [0.4, 0.5) is 4.79 Å². The number of urea groups is 1. The van der Waals surface area contributed by atoms with E-state index in [1.807, 2.05) is 0 Å². The van der Waals surface area contributed by atoms with Crippen LogP contribution in [0.3, 0.4) is 0 Å². The fraction of sp³-hybridized carbons (Fsp3) is 0.727. The van der Waals surface area contributed by atoms with Crippen LogP contribution in [0.15, 0.2) is 0 Å². The van der Waals surface area contributed by atoms with Gasteiger partial charge in [-0.15, -0.1) is 0 Å². The second-order valence-electron chi connectivity index (χ2n) is 4.83. The first kappa shape index (κ1) is 15.2. The van der Waals surface area contributed by atoms with Crippen LogP contribution in [-0.2, 0) is 9.59 Å². The van der Waals surface area contributed by atoms with Gasteiger partial charge in [0, 0.05) is 20.1 Å². The summed E-state index contributed by atoms with van der Waals surface area (Å²) in [7, 11) is 1.53. The monoisotopic (exact) mass is 273 g/mol. The van der Waals surface area contributed by atoms with Crippen molar-refractivity contribution in [3.05, 3.63) is 0 Å². The maximum absolute atomic E-state index is 11.8. The molecule has 0 spiro atoms. The Kier molecular flexibility index (Phi) is 4.71. The molecule has 1 aliphatic heterocycles. The van der Waals surface area contributed by atoms with E-state index in [-0.39, 0.29) is 12.5 Å². The van der Waals surface area contributed by atoms with E-state index < -0.39 is 30.1 Å². The number of carboxylic acid groups (broad SMARTS) is 1. The highest BCUT2D eigenvalue weighted by Crippen LogP contribution is 2.29. The Hall–Kier alpha value is -1.83. The van der Waals surface area contributed by atoms with Crippen LogP contribution in [0.2, 0.25) is 0 Å². The second-order valence-corrected chi connectivity index (χ2v) is 4.83. The summed E-state index contributed by atoms with van der Waals surface area (Å²) in [6.07, 6.45) is 0.511. The van der Waals surface area contributed by atoms with Crippen LogP contribution < -0.4 is 10.6 Å². The van der Waals surface area contributed by atoms with Gasteiger partial charge in [0.15, 0.2) is 6.04 Å². The first-order chi connectivity index (χ1) is 8.84. The molecule has 4 N–H and O–H groups in total. The van der Waals surface area contributed by atoms with E-state index in [2.05, 4.69) is 10.6 Å². The van der Waals surface area contributed by atoms with E-state index >= 15 is 0 Å². The van der Waals surface area contributed by atoms with Gasteiger partial charge in [0.25, 0.3) is 0 Å². The molecule has 1 rings (SSSR count). The third kappa shape index (κ3) is 3.34. The van der Waals surface area contributed by atoms with Gasteiger partial charge in [-0.25, -0.2) is 9.59 Å². The standard InChI is InChI=1S/C11H19N3O5/c1-11(9(18)12-2)3-4-14(6-11)10(19)13-7(5-15)8(16)17/h7,15H,3-6H2,1-2H3,(H,12,18)(H,13,19)(H,16,17)/t7-,11?/m1/s1. The fourth-order valence-corrected chi connectivity index (χ4v) is 2.05. The molecule has 2 atom stereocenters. The molecule has 0 bridgehead atoms. The molecule has 8 nitrogen and oxygen atoms in total. The Morgan fingerprint density at radius 3 is 2.53 bits per heavy atom. The molecule has 0 aromatic heterocycles. The molecule has 1 unspecified atom stereocenters. The molecule has 0 saturated carbocycles. The topological polar surface area (TPSA) is 119 Å². The molecule has 1 fully saturated rings. The molecule has 1 aliphatic rings. The van der Waals surface area contributed by atoms with Gasteiger partial charge in [0.1, 0.15) is 0 Å². The minimum absolute atomic E-state index is 0.153. The number of aliphatic hydroxyl groups is 1. The molecular formula is C11H19N3O5. The van der Waals surface area contributed by atoms with Crippen LogP contribution >= 0.6 is 0 Å². The summed E-state index contributed by atoms with van der Waals surface area (Å²) in [5.74, 6) is -1.45. The summed E-state index contributed by atoms with van der Waals surface area (Å²) in [5.41, 5.74) is -0.663. The number of aliphatic hydroxyl groups excluding tert-OH is 1. The van der Waals surface area contributed by atoms with E-state index in [1.54, 1.807) is 6.92 Å². The Morgan fingerprint density at radius 2 is 2.05 bits per heavy atom. The van der Waals surface area contributed by atoms with Crippen molar-refractivity contribution in [2.45, 2.75) is 19.4 Å². The van der Waals surface area contributed by atoms with Crippen LogP contribution in [0.1, 0.15) is 13.3 Å². The average molecular weight is 273 g/mol. The summed E-state index contributed by atoms with van der Waals surface area (Å²) in [6.45, 7) is 1.66. The zero-order valence-corrected chi connectivity index (χ0v) is 11.0. The number of nitrogens with zero attached hydrogens (tertiary/aromatic N) is 1. The number of carbonyl (C=O) groups excluding carboxylic acids is 2. The first-order valence-electron chi connectivity index (χ1n) is 5.95. The zero-order valence-electron chi connectivity index (χ0n) is 11.0. The second kappa shape index (κ2) is 5.87. The van der Waals surface area contributed by atoms with Gasteiger partial charge in [-0.05, 0) is 13.3 Å². The molecule has 0 aromatic rings. The van der Waals surface area contributed by atoms with Crippen LogP contribution in [0.5, 0.6) is 0 Å². The van der Waals surface area contributed by atoms with Crippen molar-refractivity contribution in [2.75, 3.05) is 26.7 Å². The molecule has 19 heavy (non-hydrogen) atoms. The summed E-state index contributed by atoms with van der Waals surface area (Å²) >= 11 is 0. The van der Waals surface area contributed by atoms with Crippen molar-refractivity contribution >= 4 is 17.9 Å². The van der Waals surface area contributed by atoms with E-state index in [9.17, 15) is 14.4 Å². The maximum Gasteiger partial charge on any atom is 0.328 e. The molecule has 1 heterocycles. The largest absolute Gasteiger partial charge is 0.480 e. The Morgan fingerprint density at radius 1 is 1.42 bits per heavy atom. The number of rotatable bonds is 4. The smallest absolute Gasteiger partial charge is 0.328 e. The summed E-state index contributed by atoms with van der Waals surface area (Å²) in [4.78, 5) is 35.6. The number of carboxylic acids is 1. The predicted octanol–water partition coefficient (Wildman–Crippen LogP) is -1.40.